The van der Waals surface area contributed by atoms with Gasteiger partial charge in [0, 0.05) is 12.8 Å². The molecule has 0 heterocycles. The molecule has 2 amide bonds. The second kappa shape index (κ2) is 8.66. The van der Waals surface area contributed by atoms with Gasteiger partial charge >= 0.3 is 12.1 Å². The van der Waals surface area contributed by atoms with E-state index in [9.17, 15) is 19.5 Å². The molecule has 7 heteroatoms. The highest BCUT2D eigenvalue weighted by Crippen LogP contribution is 2.32. The maximum Gasteiger partial charge on any atom is 0.408 e. The molecule has 1 aromatic carbocycles. The number of alkyl carbamates (subject to hydrolysis) is 1. The molecule has 0 unspecified atom stereocenters. The van der Waals surface area contributed by atoms with Crippen molar-refractivity contribution in [1.82, 2.24) is 10.6 Å². The number of amides is 2. The van der Waals surface area contributed by atoms with Gasteiger partial charge in [0.2, 0.25) is 5.91 Å². The van der Waals surface area contributed by atoms with Gasteiger partial charge in [0.05, 0.1) is 0 Å². The van der Waals surface area contributed by atoms with Crippen molar-refractivity contribution in [3.05, 3.63) is 35.4 Å². The Labute approximate surface area is 177 Å². The second-order valence-electron chi connectivity index (χ2n) is 9.52. The number of carboxylic acid groups (broad SMARTS) is 1. The van der Waals surface area contributed by atoms with Gasteiger partial charge < -0.3 is 20.5 Å². The number of hydrogen-bond donors (Lipinski definition) is 3. The van der Waals surface area contributed by atoms with Crippen LogP contribution in [0.15, 0.2) is 24.3 Å². The van der Waals surface area contributed by atoms with E-state index in [1.807, 2.05) is 24.3 Å². The van der Waals surface area contributed by atoms with E-state index in [4.69, 9.17) is 4.74 Å². The van der Waals surface area contributed by atoms with Crippen LogP contribution in [0.1, 0.15) is 64.0 Å². The SMILES string of the molecule is CC(C)(C)OC(=O)N[C@@H](C(=O)NC1(C(=O)O)Cc2ccccc2C1)C1CCCCC1. The largest absolute Gasteiger partial charge is 0.479 e. The van der Waals surface area contributed by atoms with Gasteiger partial charge in [-0.2, -0.15) is 0 Å². The summed E-state index contributed by atoms with van der Waals surface area (Å²) >= 11 is 0. The third-order valence-electron chi connectivity index (χ3n) is 5.95. The van der Waals surface area contributed by atoms with Gasteiger partial charge in [-0.15, -0.1) is 0 Å². The number of rotatable bonds is 5. The first-order chi connectivity index (χ1) is 14.1. The number of carboxylic acids is 1. The van der Waals surface area contributed by atoms with Gasteiger partial charge in [-0.05, 0) is 50.7 Å². The van der Waals surface area contributed by atoms with E-state index in [0.717, 1.165) is 43.2 Å². The standard InChI is InChI=1S/C23H32N2O5/c1-22(2,3)30-21(29)24-18(15-9-5-4-6-10-15)19(26)25-23(20(27)28)13-16-11-7-8-12-17(16)14-23/h7-8,11-12,15,18H,4-6,9-10,13-14H2,1-3H3,(H,24,29)(H,25,26)(H,27,28)/t18-/m1/s1. The molecule has 1 saturated carbocycles. The third-order valence-corrected chi connectivity index (χ3v) is 5.95. The molecule has 2 aliphatic rings. The van der Waals surface area contributed by atoms with Crippen molar-refractivity contribution in [3.63, 3.8) is 0 Å². The Morgan fingerprint density at radius 2 is 1.63 bits per heavy atom. The van der Waals surface area contributed by atoms with Crippen molar-refractivity contribution >= 4 is 18.0 Å². The smallest absolute Gasteiger partial charge is 0.408 e. The number of fused-ring (bicyclic) bond motifs is 1. The minimum atomic E-state index is -1.40. The minimum Gasteiger partial charge on any atom is -0.479 e. The molecule has 7 nitrogen and oxygen atoms in total. The summed E-state index contributed by atoms with van der Waals surface area (Å²) in [4.78, 5) is 37.9. The number of ether oxygens (including phenoxy) is 1. The summed E-state index contributed by atoms with van der Waals surface area (Å²) in [5.74, 6) is -1.56. The van der Waals surface area contributed by atoms with Crippen LogP contribution in [0.2, 0.25) is 0 Å². The molecule has 0 spiro atoms. The number of nitrogens with one attached hydrogen (secondary N) is 2. The summed E-state index contributed by atoms with van der Waals surface area (Å²) in [6, 6.07) is 6.70. The maximum atomic E-state index is 13.3. The number of hydrogen-bond acceptors (Lipinski definition) is 4. The van der Waals surface area contributed by atoms with Gasteiger partial charge in [-0.1, -0.05) is 43.5 Å². The Kier molecular flexibility index (Phi) is 6.38. The van der Waals surface area contributed by atoms with Crippen LogP contribution < -0.4 is 10.6 Å². The lowest BCUT2D eigenvalue weighted by molar-refractivity contribution is -0.147. The first kappa shape index (κ1) is 22.1. The average Bonchev–Trinajstić information content (AvgIpc) is 3.05. The molecule has 3 rings (SSSR count). The van der Waals surface area contributed by atoms with Crippen LogP contribution in [0.5, 0.6) is 0 Å². The highest BCUT2D eigenvalue weighted by atomic mass is 16.6. The van der Waals surface area contributed by atoms with E-state index in [-0.39, 0.29) is 18.8 Å². The lowest BCUT2D eigenvalue weighted by Gasteiger charge is -2.34. The molecule has 1 fully saturated rings. The molecule has 1 aromatic rings. The summed E-state index contributed by atoms with van der Waals surface area (Å²) in [6.07, 6.45) is 4.50. The Morgan fingerprint density at radius 3 is 2.13 bits per heavy atom. The first-order valence-corrected chi connectivity index (χ1v) is 10.7. The molecule has 1 atom stereocenters. The number of carbonyl (C=O) groups excluding carboxylic acids is 2. The summed E-state index contributed by atoms with van der Waals surface area (Å²) in [7, 11) is 0. The van der Waals surface area contributed by atoms with Gasteiger partial charge in [-0.25, -0.2) is 9.59 Å². The van der Waals surface area contributed by atoms with Crippen molar-refractivity contribution in [3.8, 4) is 0 Å². The molecule has 0 bridgehead atoms. The first-order valence-electron chi connectivity index (χ1n) is 10.7. The number of carbonyl (C=O) groups is 3. The van der Waals surface area contributed by atoms with Crippen molar-refractivity contribution < 1.29 is 24.2 Å². The molecule has 164 valence electrons. The number of aliphatic carboxylic acids is 1. The van der Waals surface area contributed by atoms with E-state index >= 15 is 0 Å². The van der Waals surface area contributed by atoms with Crippen LogP contribution in [0, 0.1) is 5.92 Å². The predicted molar refractivity (Wildman–Crippen MR) is 112 cm³/mol. The quantitative estimate of drug-likeness (QED) is 0.684. The highest BCUT2D eigenvalue weighted by molar-refractivity contribution is 5.92. The maximum absolute atomic E-state index is 13.3. The molecule has 3 N–H and O–H groups in total. The third kappa shape index (κ3) is 5.12. The van der Waals surface area contributed by atoms with E-state index < -0.39 is 35.2 Å². The van der Waals surface area contributed by atoms with E-state index in [0.29, 0.717) is 0 Å². The monoisotopic (exact) mass is 416 g/mol. The molecule has 0 aromatic heterocycles. The molecule has 2 aliphatic carbocycles. The Hall–Kier alpha value is -2.57. The molecule has 0 saturated heterocycles. The Balaban J connectivity index is 1.79. The van der Waals surface area contributed by atoms with Gasteiger partial charge in [-0.3, -0.25) is 4.79 Å². The van der Waals surface area contributed by atoms with Crippen LogP contribution in [-0.2, 0) is 27.2 Å². The van der Waals surface area contributed by atoms with E-state index in [1.54, 1.807) is 20.8 Å². The van der Waals surface area contributed by atoms with Crippen molar-refractivity contribution in [2.45, 2.75) is 82.9 Å². The van der Waals surface area contributed by atoms with Crippen molar-refractivity contribution in [2.24, 2.45) is 5.92 Å². The zero-order valence-corrected chi connectivity index (χ0v) is 18.0. The van der Waals surface area contributed by atoms with Gasteiger partial charge in [0.1, 0.15) is 17.2 Å². The zero-order chi connectivity index (χ0) is 21.9. The van der Waals surface area contributed by atoms with Crippen molar-refractivity contribution in [1.29, 1.82) is 0 Å². The number of benzene rings is 1. The highest BCUT2D eigenvalue weighted by Gasteiger charge is 2.47. The molecule has 0 aliphatic heterocycles. The summed E-state index contributed by atoms with van der Waals surface area (Å²) in [5.41, 5.74) is -0.236. The Morgan fingerprint density at radius 1 is 1.07 bits per heavy atom. The van der Waals surface area contributed by atoms with Crippen molar-refractivity contribution in [2.75, 3.05) is 0 Å². The fourth-order valence-electron chi connectivity index (χ4n) is 4.52. The fraction of sp³-hybridized carbons (Fsp3) is 0.609. The van der Waals surface area contributed by atoms with Crippen LogP contribution in [0.25, 0.3) is 0 Å². The average molecular weight is 417 g/mol. The fourth-order valence-corrected chi connectivity index (χ4v) is 4.52. The molecular weight excluding hydrogens is 384 g/mol. The van der Waals surface area contributed by atoms with Gasteiger partial charge in [0.25, 0.3) is 0 Å². The topological polar surface area (TPSA) is 105 Å². The molecule has 30 heavy (non-hydrogen) atoms. The van der Waals surface area contributed by atoms with Crippen LogP contribution in [-0.4, -0.2) is 40.3 Å². The Bertz CT molecular complexity index is 783. The zero-order valence-electron chi connectivity index (χ0n) is 18.0. The van der Waals surface area contributed by atoms with Crippen LogP contribution >= 0.6 is 0 Å². The normalized spacial score (nSPS) is 19.4. The van der Waals surface area contributed by atoms with Crippen LogP contribution in [0.4, 0.5) is 4.79 Å². The van der Waals surface area contributed by atoms with Gasteiger partial charge in [0.15, 0.2) is 0 Å². The lowest BCUT2D eigenvalue weighted by atomic mass is 9.83. The molecular formula is C23H32N2O5. The van der Waals surface area contributed by atoms with E-state index in [2.05, 4.69) is 10.6 Å². The summed E-state index contributed by atoms with van der Waals surface area (Å²) in [6.45, 7) is 5.28. The minimum absolute atomic E-state index is 0.0408. The summed E-state index contributed by atoms with van der Waals surface area (Å²) in [5, 5.41) is 15.5. The van der Waals surface area contributed by atoms with E-state index in [1.165, 1.54) is 0 Å². The summed E-state index contributed by atoms with van der Waals surface area (Å²) < 4.78 is 5.36. The second-order valence-corrected chi connectivity index (χ2v) is 9.52. The lowest BCUT2D eigenvalue weighted by Crippen LogP contribution is -2.61. The molecule has 0 radical (unpaired) electrons. The van der Waals surface area contributed by atoms with Crippen LogP contribution in [0.3, 0.4) is 0 Å². The predicted octanol–water partition coefficient (Wildman–Crippen LogP) is 3.20.